The van der Waals surface area contributed by atoms with Crippen LogP contribution in [0, 0.1) is 0 Å². The topological polar surface area (TPSA) is 94.5 Å². The fourth-order valence-corrected chi connectivity index (χ4v) is 4.20. The molecule has 3 rings (SSSR count). The average molecular weight is 504 g/mol. The summed E-state index contributed by atoms with van der Waals surface area (Å²) in [6.07, 6.45) is 0.440. The number of nitrogens with zero attached hydrogens (tertiary/aromatic N) is 1. The van der Waals surface area contributed by atoms with Crippen LogP contribution in [-0.2, 0) is 14.3 Å². The highest BCUT2D eigenvalue weighted by Crippen LogP contribution is 2.42. The molecule has 0 bridgehead atoms. The van der Waals surface area contributed by atoms with Gasteiger partial charge in [0, 0.05) is 25.8 Å². The van der Waals surface area contributed by atoms with Gasteiger partial charge in [0.05, 0.1) is 37.0 Å². The van der Waals surface area contributed by atoms with Crippen molar-refractivity contribution in [3.63, 3.8) is 0 Å². The minimum absolute atomic E-state index is 0.0311. The van der Waals surface area contributed by atoms with Gasteiger partial charge in [0.2, 0.25) is 0 Å². The van der Waals surface area contributed by atoms with Gasteiger partial charge in [0.15, 0.2) is 11.5 Å². The van der Waals surface area contributed by atoms with Crippen molar-refractivity contribution in [2.45, 2.75) is 32.4 Å². The van der Waals surface area contributed by atoms with Crippen LogP contribution in [0.3, 0.4) is 0 Å². The maximum absolute atomic E-state index is 13.2. The van der Waals surface area contributed by atoms with Crippen LogP contribution in [0.2, 0.25) is 5.02 Å². The second-order valence-electron chi connectivity index (χ2n) is 8.27. The van der Waals surface area contributed by atoms with Gasteiger partial charge in [0.25, 0.3) is 11.7 Å². The zero-order chi connectivity index (χ0) is 25.7. The maximum atomic E-state index is 13.2. The molecular formula is C26H30ClNO7. The van der Waals surface area contributed by atoms with Crippen LogP contribution in [0.4, 0.5) is 0 Å². The fraction of sp³-hybridized carbons (Fsp3) is 0.385. The lowest BCUT2D eigenvalue weighted by Crippen LogP contribution is -2.31. The summed E-state index contributed by atoms with van der Waals surface area (Å²) in [5, 5.41) is 11.6. The first kappa shape index (κ1) is 26.4. The number of benzene rings is 2. The van der Waals surface area contributed by atoms with Gasteiger partial charge in [-0.05, 0) is 56.2 Å². The van der Waals surface area contributed by atoms with Crippen molar-refractivity contribution in [2.24, 2.45) is 0 Å². The van der Waals surface area contributed by atoms with Crippen LogP contribution in [0.15, 0.2) is 42.0 Å². The van der Waals surface area contributed by atoms with Gasteiger partial charge >= 0.3 is 0 Å². The number of carbonyl (C=O) groups excluding carboxylic acids is 2. The predicted octanol–water partition coefficient (Wildman–Crippen LogP) is 4.60. The predicted molar refractivity (Wildman–Crippen MR) is 132 cm³/mol. The van der Waals surface area contributed by atoms with Crippen molar-refractivity contribution < 1.29 is 33.6 Å². The third-order valence-electron chi connectivity index (χ3n) is 5.58. The molecule has 2 aromatic rings. The van der Waals surface area contributed by atoms with E-state index in [9.17, 15) is 14.7 Å². The van der Waals surface area contributed by atoms with Crippen LogP contribution in [0.5, 0.6) is 17.2 Å². The molecule has 1 aliphatic heterocycles. The summed E-state index contributed by atoms with van der Waals surface area (Å²) in [6.45, 7) is 4.47. The van der Waals surface area contributed by atoms with Gasteiger partial charge in [0.1, 0.15) is 11.5 Å². The average Bonchev–Trinajstić information content (AvgIpc) is 3.09. The van der Waals surface area contributed by atoms with E-state index < -0.39 is 17.7 Å². The number of ether oxygens (including phenoxy) is 4. The van der Waals surface area contributed by atoms with E-state index >= 15 is 0 Å². The molecule has 35 heavy (non-hydrogen) atoms. The quantitative estimate of drug-likeness (QED) is 0.219. The second-order valence-corrected chi connectivity index (χ2v) is 8.67. The molecule has 9 heteroatoms. The van der Waals surface area contributed by atoms with E-state index in [2.05, 4.69) is 0 Å². The third kappa shape index (κ3) is 5.55. The van der Waals surface area contributed by atoms with Crippen LogP contribution in [-0.4, -0.2) is 62.3 Å². The third-order valence-corrected chi connectivity index (χ3v) is 5.89. The molecular weight excluding hydrogens is 474 g/mol. The highest BCUT2D eigenvalue weighted by Gasteiger charge is 2.46. The first-order valence-electron chi connectivity index (χ1n) is 11.2. The summed E-state index contributed by atoms with van der Waals surface area (Å²) in [4.78, 5) is 27.7. The highest BCUT2D eigenvalue weighted by atomic mass is 35.5. The lowest BCUT2D eigenvalue weighted by molar-refractivity contribution is -0.140. The van der Waals surface area contributed by atoms with Gasteiger partial charge in [-0.1, -0.05) is 17.7 Å². The van der Waals surface area contributed by atoms with E-state index in [0.29, 0.717) is 46.4 Å². The Bertz CT molecular complexity index is 1130. The van der Waals surface area contributed by atoms with E-state index in [0.717, 1.165) is 0 Å². The van der Waals surface area contributed by atoms with Crippen molar-refractivity contribution in [1.82, 2.24) is 4.90 Å². The summed E-state index contributed by atoms with van der Waals surface area (Å²) in [5.41, 5.74) is 0.867. The minimum Gasteiger partial charge on any atom is -0.507 e. The molecule has 1 unspecified atom stereocenters. The molecule has 1 saturated heterocycles. The molecule has 1 heterocycles. The molecule has 1 aliphatic rings. The van der Waals surface area contributed by atoms with Crippen LogP contribution >= 0.6 is 11.6 Å². The monoisotopic (exact) mass is 503 g/mol. The zero-order valence-electron chi connectivity index (χ0n) is 20.5. The van der Waals surface area contributed by atoms with Crippen molar-refractivity contribution in [1.29, 1.82) is 0 Å². The number of aliphatic hydroxyl groups is 1. The Labute approximate surface area is 210 Å². The molecule has 8 nitrogen and oxygen atoms in total. The van der Waals surface area contributed by atoms with Crippen molar-refractivity contribution in [3.8, 4) is 17.2 Å². The normalized spacial score (nSPS) is 17.2. The van der Waals surface area contributed by atoms with E-state index in [1.807, 2.05) is 13.8 Å². The smallest absolute Gasteiger partial charge is 0.295 e. The number of aliphatic hydroxyl groups excluding tert-OH is 1. The Morgan fingerprint density at radius 1 is 1.03 bits per heavy atom. The Morgan fingerprint density at radius 3 is 2.37 bits per heavy atom. The number of Topliss-reactive ketones (excluding diaryl/α,β-unsaturated/α-hetero) is 1. The molecule has 1 fully saturated rings. The molecule has 188 valence electrons. The lowest BCUT2D eigenvalue weighted by atomic mass is 9.95. The van der Waals surface area contributed by atoms with E-state index in [1.165, 1.54) is 25.2 Å². The number of ketones is 1. The first-order chi connectivity index (χ1) is 16.7. The first-order valence-corrected chi connectivity index (χ1v) is 11.6. The number of amides is 1. The number of rotatable bonds is 10. The van der Waals surface area contributed by atoms with Crippen molar-refractivity contribution in [2.75, 3.05) is 34.5 Å². The molecule has 0 radical (unpaired) electrons. The molecule has 2 aromatic carbocycles. The Morgan fingerprint density at radius 2 is 1.74 bits per heavy atom. The zero-order valence-corrected chi connectivity index (χ0v) is 21.2. The standard InChI is InChI=1S/C26H30ClNO7/c1-15(2)35-19-10-8-16(13-21(19)34-5)23-22(25(30)26(31)28(23)11-6-12-32-3)24(29)17-7-9-18(27)20(14-17)33-4/h7-10,13-15,23,29H,6,11-12H2,1-5H3/b24-22-. The molecule has 0 spiro atoms. The maximum Gasteiger partial charge on any atom is 0.295 e. The van der Waals surface area contributed by atoms with Crippen LogP contribution in [0.25, 0.3) is 5.76 Å². The second kappa shape index (κ2) is 11.5. The molecule has 1 amide bonds. The van der Waals surface area contributed by atoms with E-state index in [-0.39, 0.29) is 24.0 Å². The summed E-state index contributed by atoms with van der Waals surface area (Å²) in [6, 6.07) is 9.01. The van der Waals surface area contributed by atoms with Gasteiger partial charge in [-0.15, -0.1) is 0 Å². The number of methoxy groups -OCH3 is 3. The van der Waals surface area contributed by atoms with Crippen LogP contribution < -0.4 is 14.2 Å². The minimum atomic E-state index is -0.837. The lowest BCUT2D eigenvalue weighted by Gasteiger charge is -2.26. The summed E-state index contributed by atoms with van der Waals surface area (Å²) in [7, 11) is 4.53. The number of hydrogen-bond acceptors (Lipinski definition) is 7. The Hall–Kier alpha value is -3.23. The van der Waals surface area contributed by atoms with Crippen molar-refractivity contribution >= 4 is 29.1 Å². The number of halogens is 1. The number of carbonyl (C=O) groups is 2. The fourth-order valence-electron chi connectivity index (χ4n) is 4.00. The Balaban J connectivity index is 2.17. The largest absolute Gasteiger partial charge is 0.507 e. The molecule has 1 N–H and O–H groups in total. The number of hydrogen-bond donors (Lipinski definition) is 1. The molecule has 0 aromatic heterocycles. The van der Waals surface area contributed by atoms with Gasteiger partial charge < -0.3 is 29.0 Å². The molecule has 1 atom stereocenters. The summed E-state index contributed by atoms with van der Waals surface area (Å²) >= 11 is 6.13. The van der Waals surface area contributed by atoms with Crippen LogP contribution in [0.1, 0.15) is 37.4 Å². The number of likely N-dealkylation sites (tertiary alicyclic amines) is 1. The highest BCUT2D eigenvalue weighted by molar-refractivity contribution is 6.46. The van der Waals surface area contributed by atoms with E-state index in [4.69, 9.17) is 30.5 Å². The van der Waals surface area contributed by atoms with E-state index in [1.54, 1.807) is 37.4 Å². The van der Waals surface area contributed by atoms with Gasteiger partial charge in [-0.2, -0.15) is 0 Å². The van der Waals surface area contributed by atoms with Gasteiger partial charge in [-0.25, -0.2) is 0 Å². The summed E-state index contributed by atoms with van der Waals surface area (Å²) < 4.78 is 21.7. The van der Waals surface area contributed by atoms with Gasteiger partial charge in [-0.3, -0.25) is 9.59 Å². The molecule has 0 aliphatic carbocycles. The molecule has 0 saturated carbocycles. The van der Waals surface area contributed by atoms with Crippen molar-refractivity contribution in [3.05, 3.63) is 58.1 Å². The Kier molecular flexibility index (Phi) is 8.64. The summed E-state index contributed by atoms with van der Waals surface area (Å²) in [5.74, 6) is -0.482. The SMILES string of the molecule is COCCCN1C(=O)C(=O)/C(=C(\O)c2ccc(Cl)c(OC)c2)C1c1ccc(OC(C)C)c(OC)c1.